The van der Waals surface area contributed by atoms with Crippen molar-refractivity contribution in [1.82, 2.24) is 0 Å². The first kappa shape index (κ1) is 18.3. The van der Waals surface area contributed by atoms with Crippen LogP contribution in [-0.4, -0.2) is 17.6 Å². The number of nitrogens with one attached hydrogen (secondary N) is 2. The van der Waals surface area contributed by atoms with Crippen molar-refractivity contribution >= 4 is 29.0 Å². The summed E-state index contributed by atoms with van der Waals surface area (Å²) < 4.78 is 13.6. The molecule has 25 heavy (non-hydrogen) atoms. The van der Waals surface area contributed by atoms with E-state index in [1.807, 2.05) is 19.1 Å². The fourth-order valence-electron chi connectivity index (χ4n) is 2.22. The maximum atomic E-state index is 13.6. The molecule has 0 saturated carbocycles. The van der Waals surface area contributed by atoms with Crippen LogP contribution in [0.2, 0.25) is 0 Å². The van der Waals surface area contributed by atoms with Crippen LogP contribution >= 0.6 is 0 Å². The van der Waals surface area contributed by atoms with Crippen LogP contribution in [0.15, 0.2) is 42.5 Å². The summed E-state index contributed by atoms with van der Waals surface area (Å²) in [6, 6.07) is 11.0. The lowest BCUT2D eigenvalue weighted by atomic mass is 10.0. The maximum Gasteiger partial charge on any atom is 0.224 e. The largest absolute Gasteiger partial charge is 0.326 e. The first-order chi connectivity index (χ1) is 11.8. The average Bonchev–Trinajstić information content (AvgIpc) is 2.56. The highest BCUT2D eigenvalue weighted by Crippen LogP contribution is 2.20. The summed E-state index contributed by atoms with van der Waals surface area (Å²) in [5.74, 6) is -1.48. The van der Waals surface area contributed by atoms with Gasteiger partial charge in [-0.25, -0.2) is 4.39 Å². The Bertz CT molecular complexity index is 801. The first-order valence-corrected chi connectivity index (χ1v) is 7.82. The van der Waals surface area contributed by atoms with Gasteiger partial charge in [0.05, 0.1) is 5.69 Å². The topological polar surface area (TPSA) is 75.3 Å². The Balaban J connectivity index is 1.92. The summed E-state index contributed by atoms with van der Waals surface area (Å²) in [5, 5.41) is 4.93. The summed E-state index contributed by atoms with van der Waals surface area (Å²) >= 11 is 0. The number of ketones is 1. The molecular formula is C19H19FN2O3. The standard InChI is InChI=1S/C19H19FN2O3/c1-12-3-5-14(6-4-12)18(24)9-10-19(25)22-15-7-8-16(20)17(11-15)21-13(2)23/h3-8,11H,9-10H2,1-2H3,(H,21,23)(H,22,25). The summed E-state index contributed by atoms with van der Waals surface area (Å²) in [4.78, 5) is 35.1. The van der Waals surface area contributed by atoms with Crippen molar-refractivity contribution in [2.45, 2.75) is 26.7 Å². The number of rotatable bonds is 6. The molecule has 2 amide bonds. The van der Waals surface area contributed by atoms with Crippen molar-refractivity contribution in [2.75, 3.05) is 10.6 Å². The van der Waals surface area contributed by atoms with E-state index in [0.717, 1.165) is 11.6 Å². The molecule has 0 bridgehead atoms. The lowest BCUT2D eigenvalue weighted by molar-refractivity contribution is -0.116. The number of amides is 2. The molecule has 0 aliphatic rings. The third-order valence-electron chi connectivity index (χ3n) is 3.51. The minimum Gasteiger partial charge on any atom is -0.326 e. The highest BCUT2D eigenvalue weighted by Gasteiger charge is 2.11. The zero-order chi connectivity index (χ0) is 18.4. The van der Waals surface area contributed by atoms with Crippen LogP contribution in [0.3, 0.4) is 0 Å². The second kappa shape index (κ2) is 8.19. The van der Waals surface area contributed by atoms with Crippen molar-refractivity contribution in [3.63, 3.8) is 0 Å². The van der Waals surface area contributed by atoms with Gasteiger partial charge < -0.3 is 10.6 Å². The monoisotopic (exact) mass is 342 g/mol. The lowest BCUT2D eigenvalue weighted by Crippen LogP contribution is -2.14. The first-order valence-electron chi connectivity index (χ1n) is 7.82. The van der Waals surface area contributed by atoms with Crippen molar-refractivity contribution < 1.29 is 18.8 Å². The van der Waals surface area contributed by atoms with Crippen LogP contribution in [0.5, 0.6) is 0 Å². The van der Waals surface area contributed by atoms with E-state index >= 15 is 0 Å². The van der Waals surface area contributed by atoms with Crippen LogP contribution in [0.25, 0.3) is 0 Å². The molecule has 0 aromatic heterocycles. The molecule has 0 atom stereocenters. The highest BCUT2D eigenvalue weighted by molar-refractivity contribution is 6.00. The zero-order valence-corrected chi connectivity index (χ0v) is 14.1. The Labute approximate surface area is 145 Å². The number of aryl methyl sites for hydroxylation is 1. The molecular weight excluding hydrogens is 323 g/mol. The Kier molecular flexibility index (Phi) is 6.00. The van der Waals surface area contributed by atoms with E-state index in [1.165, 1.54) is 19.1 Å². The molecule has 2 aromatic carbocycles. The van der Waals surface area contributed by atoms with Gasteiger partial charge in [-0.1, -0.05) is 29.8 Å². The van der Waals surface area contributed by atoms with Crippen molar-refractivity contribution in [1.29, 1.82) is 0 Å². The fraction of sp³-hybridized carbons (Fsp3) is 0.211. The molecule has 0 aliphatic carbocycles. The van der Waals surface area contributed by atoms with Crippen molar-refractivity contribution in [3.05, 3.63) is 59.4 Å². The minimum absolute atomic E-state index is 0.0129. The lowest BCUT2D eigenvalue weighted by Gasteiger charge is -2.09. The number of benzene rings is 2. The molecule has 0 saturated heterocycles. The Morgan fingerprint density at radius 2 is 1.64 bits per heavy atom. The predicted molar refractivity (Wildman–Crippen MR) is 94.1 cm³/mol. The quantitative estimate of drug-likeness (QED) is 0.786. The molecule has 2 N–H and O–H groups in total. The third kappa shape index (κ3) is 5.53. The molecule has 0 spiro atoms. The van der Waals surface area contributed by atoms with E-state index < -0.39 is 11.7 Å². The fourth-order valence-corrected chi connectivity index (χ4v) is 2.22. The van der Waals surface area contributed by atoms with E-state index in [1.54, 1.807) is 12.1 Å². The van der Waals surface area contributed by atoms with Crippen molar-refractivity contribution in [2.24, 2.45) is 0 Å². The number of carbonyl (C=O) groups excluding carboxylic acids is 3. The molecule has 0 heterocycles. The Morgan fingerprint density at radius 3 is 2.28 bits per heavy atom. The molecule has 130 valence electrons. The van der Waals surface area contributed by atoms with Crippen molar-refractivity contribution in [3.8, 4) is 0 Å². The zero-order valence-electron chi connectivity index (χ0n) is 14.1. The van der Waals surface area contributed by atoms with Crippen LogP contribution < -0.4 is 10.6 Å². The van der Waals surface area contributed by atoms with E-state index in [-0.39, 0.29) is 30.2 Å². The molecule has 5 nitrogen and oxygen atoms in total. The van der Waals surface area contributed by atoms with Crippen LogP contribution in [-0.2, 0) is 9.59 Å². The number of Topliss-reactive ketones (excluding diaryl/α,β-unsaturated/α-hetero) is 1. The summed E-state index contributed by atoms with van der Waals surface area (Å²) in [6.45, 7) is 3.20. The number of anilines is 2. The maximum absolute atomic E-state index is 13.6. The number of carbonyl (C=O) groups is 3. The molecule has 0 fully saturated rings. The van der Waals surface area contributed by atoms with E-state index in [0.29, 0.717) is 11.3 Å². The number of hydrogen-bond acceptors (Lipinski definition) is 3. The second-order valence-corrected chi connectivity index (χ2v) is 5.71. The average molecular weight is 342 g/mol. The molecule has 0 aliphatic heterocycles. The minimum atomic E-state index is -0.595. The molecule has 6 heteroatoms. The van der Waals surface area contributed by atoms with Crippen LogP contribution in [0, 0.1) is 12.7 Å². The molecule has 0 radical (unpaired) electrons. The van der Waals surface area contributed by atoms with Gasteiger partial charge in [-0.15, -0.1) is 0 Å². The normalized spacial score (nSPS) is 10.2. The summed E-state index contributed by atoms with van der Waals surface area (Å²) in [5.41, 5.74) is 1.95. The van der Waals surface area contributed by atoms with Gasteiger partial charge in [-0.3, -0.25) is 14.4 Å². The van der Waals surface area contributed by atoms with Crippen LogP contribution in [0.1, 0.15) is 35.7 Å². The van der Waals surface area contributed by atoms with Gasteiger partial charge in [0.25, 0.3) is 0 Å². The van der Waals surface area contributed by atoms with E-state index in [9.17, 15) is 18.8 Å². The van der Waals surface area contributed by atoms with Gasteiger partial charge in [0, 0.05) is 31.0 Å². The number of hydrogen-bond donors (Lipinski definition) is 2. The van der Waals surface area contributed by atoms with Gasteiger partial charge >= 0.3 is 0 Å². The second-order valence-electron chi connectivity index (χ2n) is 5.71. The molecule has 2 aromatic rings. The van der Waals surface area contributed by atoms with Gasteiger partial charge in [-0.05, 0) is 25.1 Å². The highest BCUT2D eigenvalue weighted by atomic mass is 19.1. The Hall–Kier alpha value is -3.02. The molecule has 2 rings (SSSR count). The SMILES string of the molecule is CC(=O)Nc1cc(NC(=O)CCC(=O)c2ccc(C)cc2)ccc1F. The predicted octanol–water partition coefficient (Wildman–Crippen LogP) is 3.69. The summed E-state index contributed by atoms with van der Waals surface area (Å²) in [6.07, 6.45) is 0.0915. The smallest absolute Gasteiger partial charge is 0.224 e. The van der Waals surface area contributed by atoms with Gasteiger partial charge in [0.15, 0.2) is 5.78 Å². The Morgan fingerprint density at radius 1 is 0.960 bits per heavy atom. The third-order valence-corrected chi connectivity index (χ3v) is 3.51. The van der Waals surface area contributed by atoms with Gasteiger partial charge in [0.1, 0.15) is 5.82 Å². The van der Waals surface area contributed by atoms with Gasteiger partial charge in [-0.2, -0.15) is 0 Å². The van der Waals surface area contributed by atoms with E-state index in [4.69, 9.17) is 0 Å². The summed E-state index contributed by atoms with van der Waals surface area (Å²) in [7, 11) is 0. The van der Waals surface area contributed by atoms with Gasteiger partial charge in [0.2, 0.25) is 11.8 Å². The molecule has 0 unspecified atom stereocenters. The van der Waals surface area contributed by atoms with E-state index in [2.05, 4.69) is 10.6 Å². The number of halogens is 1. The van der Waals surface area contributed by atoms with Crippen LogP contribution in [0.4, 0.5) is 15.8 Å².